The summed E-state index contributed by atoms with van der Waals surface area (Å²) in [6, 6.07) is 12.9. The van der Waals surface area contributed by atoms with Gasteiger partial charge in [0.25, 0.3) is 5.91 Å². The molecule has 0 saturated heterocycles. The number of fused-ring (bicyclic) bond motifs is 1. The minimum atomic E-state index is -0.860. The van der Waals surface area contributed by atoms with Crippen molar-refractivity contribution in [3.05, 3.63) is 118 Å². The highest BCUT2D eigenvalue weighted by Crippen LogP contribution is 2.32. The topological polar surface area (TPSA) is 107 Å². The van der Waals surface area contributed by atoms with Crippen LogP contribution in [0.5, 0.6) is 5.75 Å². The molecular formula is C32H27F3N4O3. The van der Waals surface area contributed by atoms with Crippen molar-refractivity contribution in [1.29, 1.82) is 0 Å². The van der Waals surface area contributed by atoms with Crippen LogP contribution < -0.4 is 10.6 Å². The Labute approximate surface area is 239 Å². The maximum atomic E-state index is 14.5. The Hall–Kier alpha value is -5.12. The van der Waals surface area contributed by atoms with E-state index in [9.17, 15) is 27.9 Å². The van der Waals surface area contributed by atoms with Crippen LogP contribution in [0.25, 0.3) is 22.0 Å². The molecule has 42 heavy (non-hydrogen) atoms. The number of nitrogens with zero attached hydrogens (tertiary/aromatic N) is 1. The van der Waals surface area contributed by atoms with E-state index in [-0.39, 0.29) is 29.7 Å². The molecule has 5 aromatic rings. The van der Waals surface area contributed by atoms with Gasteiger partial charge < -0.3 is 20.7 Å². The molecule has 2 amide bonds. The molecule has 0 spiro atoms. The lowest BCUT2D eigenvalue weighted by Crippen LogP contribution is -2.32. The van der Waals surface area contributed by atoms with Crippen LogP contribution in [-0.4, -0.2) is 33.9 Å². The fraction of sp³-hybridized carbons (Fsp3) is 0.156. The zero-order valence-electron chi connectivity index (χ0n) is 22.8. The monoisotopic (exact) mass is 572 g/mol. The first kappa shape index (κ1) is 28.4. The molecule has 0 aliphatic rings. The van der Waals surface area contributed by atoms with Crippen molar-refractivity contribution < 1.29 is 27.9 Å². The number of halogens is 3. The number of phenolic OH excluding ortho intramolecular Hbond substituents is 1. The van der Waals surface area contributed by atoms with E-state index in [2.05, 4.69) is 20.6 Å². The molecule has 0 aliphatic heterocycles. The van der Waals surface area contributed by atoms with Gasteiger partial charge in [-0.25, -0.2) is 13.2 Å². The van der Waals surface area contributed by atoms with Gasteiger partial charge in [0, 0.05) is 42.0 Å². The highest BCUT2D eigenvalue weighted by atomic mass is 19.1. The first-order valence-electron chi connectivity index (χ1n) is 13.1. The number of aryl methyl sites for hydroxylation is 1. The van der Waals surface area contributed by atoms with Crippen molar-refractivity contribution in [3.63, 3.8) is 0 Å². The summed E-state index contributed by atoms with van der Waals surface area (Å²) in [5.74, 6) is -3.19. The number of hydrogen-bond donors (Lipinski definition) is 4. The predicted molar refractivity (Wildman–Crippen MR) is 152 cm³/mol. The Morgan fingerprint density at radius 1 is 1.00 bits per heavy atom. The van der Waals surface area contributed by atoms with E-state index in [4.69, 9.17) is 0 Å². The van der Waals surface area contributed by atoms with Gasteiger partial charge in [0.15, 0.2) is 0 Å². The number of hydrogen-bond acceptors (Lipinski definition) is 4. The summed E-state index contributed by atoms with van der Waals surface area (Å²) in [6.07, 6.45) is 3.20. The minimum absolute atomic E-state index is 0.0123. The number of nitrogens with one attached hydrogen (secondary N) is 3. The first-order chi connectivity index (χ1) is 20.1. The lowest BCUT2D eigenvalue weighted by molar-refractivity contribution is -0.121. The zero-order chi connectivity index (χ0) is 30.0. The molecule has 10 heteroatoms. The van der Waals surface area contributed by atoms with Crippen LogP contribution >= 0.6 is 0 Å². The van der Waals surface area contributed by atoms with E-state index in [1.165, 1.54) is 43.4 Å². The molecule has 0 bridgehead atoms. The fourth-order valence-corrected chi connectivity index (χ4v) is 5.00. The number of carbonyl (C=O) groups is 2. The predicted octanol–water partition coefficient (Wildman–Crippen LogP) is 5.66. The molecule has 0 fully saturated rings. The molecule has 2 aromatic heterocycles. The molecule has 214 valence electrons. The van der Waals surface area contributed by atoms with Crippen LogP contribution in [0.3, 0.4) is 0 Å². The van der Waals surface area contributed by atoms with E-state index < -0.39 is 35.3 Å². The molecule has 7 nitrogen and oxygen atoms in total. The van der Waals surface area contributed by atoms with E-state index in [1.807, 2.05) is 6.92 Å². The van der Waals surface area contributed by atoms with Gasteiger partial charge in [0.2, 0.25) is 5.91 Å². The van der Waals surface area contributed by atoms with E-state index in [0.717, 1.165) is 17.1 Å². The van der Waals surface area contributed by atoms with Gasteiger partial charge in [-0.2, -0.15) is 0 Å². The van der Waals surface area contributed by atoms with Gasteiger partial charge in [-0.3, -0.25) is 14.6 Å². The standard InChI is InChI=1S/C32H27F3N4O3/c1-17-7-25(19-3-5-27(35)26(11-19)32(42)36-2)31(38-15-17)29(10-18-8-21(33)13-22(34)9-18)39-30(41)12-20-16-37-28-6-4-23(40)14-24(20)28/h3-9,11,13-16,29,37,40H,10,12H2,1-2H3,(H,36,42)(H,39,41)/t29-/m0/s1. The lowest BCUT2D eigenvalue weighted by Gasteiger charge is -2.22. The summed E-state index contributed by atoms with van der Waals surface area (Å²) < 4.78 is 42.7. The maximum absolute atomic E-state index is 14.5. The number of amides is 2. The molecular weight excluding hydrogens is 545 g/mol. The van der Waals surface area contributed by atoms with Crippen LogP contribution in [0, 0.1) is 24.4 Å². The van der Waals surface area contributed by atoms with Crippen LogP contribution in [0.4, 0.5) is 13.2 Å². The molecule has 5 rings (SSSR count). The SMILES string of the molecule is CNC(=O)c1cc(-c2cc(C)cnc2[C@H](Cc2cc(F)cc(F)c2)NC(=O)Cc2c[nH]c3ccc(O)cc23)ccc1F. The normalized spacial score (nSPS) is 11.8. The third-order valence-electron chi connectivity index (χ3n) is 6.93. The van der Waals surface area contributed by atoms with Gasteiger partial charge in [-0.1, -0.05) is 6.07 Å². The molecule has 3 aromatic carbocycles. The summed E-state index contributed by atoms with van der Waals surface area (Å²) in [5.41, 5.74) is 3.61. The highest BCUT2D eigenvalue weighted by Gasteiger charge is 2.24. The number of aromatic nitrogens is 2. The average Bonchev–Trinajstić information content (AvgIpc) is 3.33. The number of H-pyrrole nitrogens is 1. The van der Waals surface area contributed by atoms with Gasteiger partial charge in [0.05, 0.1) is 23.7 Å². The van der Waals surface area contributed by atoms with Gasteiger partial charge in [-0.15, -0.1) is 0 Å². The second-order valence-electron chi connectivity index (χ2n) is 10.0. The number of pyridine rings is 1. The Bertz CT molecular complexity index is 1800. The molecule has 0 unspecified atom stereocenters. The summed E-state index contributed by atoms with van der Waals surface area (Å²) in [4.78, 5) is 33.4. The minimum Gasteiger partial charge on any atom is -0.508 e. The van der Waals surface area contributed by atoms with E-state index in [1.54, 1.807) is 30.6 Å². The summed E-state index contributed by atoms with van der Waals surface area (Å²) >= 11 is 0. The first-order valence-corrected chi connectivity index (χ1v) is 13.1. The zero-order valence-corrected chi connectivity index (χ0v) is 22.8. The van der Waals surface area contributed by atoms with Crippen molar-refractivity contribution in [3.8, 4) is 16.9 Å². The third kappa shape index (κ3) is 6.12. The van der Waals surface area contributed by atoms with Crippen molar-refractivity contribution in [1.82, 2.24) is 20.6 Å². The van der Waals surface area contributed by atoms with E-state index in [0.29, 0.717) is 27.8 Å². The number of phenols is 1. The van der Waals surface area contributed by atoms with Crippen LogP contribution in [0.1, 0.15) is 38.8 Å². The molecule has 1 atom stereocenters. The Balaban J connectivity index is 1.56. The van der Waals surface area contributed by atoms with Crippen LogP contribution in [0.15, 0.2) is 73.1 Å². The van der Waals surface area contributed by atoms with Crippen LogP contribution in [-0.2, 0) is 17.6 Å². The van der Waals surface area contributed by atoms with Crippen LogP contribution in [0.2, 0.25) is 0 Å². The highest BCUT2D eigenvalue weighted by molar-refractivity contribution is 5.95. The molecule has 4 N–H and O–H groups in total. The van der Waals surface area contributed by atoms with E-state index >= 15 is 0 Å². The third-order valence-corrected chi connectivity index (χ3v) is 6.93. The fourth-order valence-electron chi connectivity index (χ4n) is 5.00. The molecule has 0 saturated carbocycles. The van der Waals surface area contributed by atoms with Crippen molar-refractivity contribution in [2.24, 2.45) is 0 Å². The molecule has 0 radical (unpaired) electrons. The Kier molecular flexibility index (Phi) is 7.97. The molecule has 2 heterocycles. The largest absolute Gasteiger partial charge is 0.508 e. The quantitative estimate of drug-likeness (QED) is 0.192. The maximum Gasteiger partial charge on any atom is 0.254 e. The van der Waals surface area contributed by atoms with Crippen molar-refractivity contribution >= 4 is 22.7 Å². The van der Waals surface area contributed by atoms with Gasteiger partial charge in [-0.05, 0) is 84.1 Å². The second kappa shape index (κ2) is 11.8. The molecule has 0 aliphatic carbocycles. The van der Waals surface area contributed by atoms with Crippen molar-refractivity contribution in [2.75, 3.05) is 7.05 Å². The smallest absolute Gasteiger partial charge is 0.254 e. The Morgan fingerprint density at radius 3 is 2.50 bits per heavy atom. The Morgan fingerprint density at radius 2 is 1.76 bits per heavy atom. The number of aromatic hydroxyl groups is 1. The average molecular weight is 573 g/mol. The lowest BCUT2D eigenvalue weighted by atomic mass is 9.93. The summed E-state index contributed by atoms with van der Waals surface area (Å²) in [7, 11) is 1.40. The number of benzene rings is 3. The van der Waals surface area contributed by atoms with Crippen molar-refractivity contribution in [2.45, 2.75) is 25.8 Å². The number of aromatic amines is 1. The summed E-state index contributed by atoms with van der Waals surface area (Å²) in [6.45, 7) is 1.81. The summed E-state index contributed by atoms with van der Waals surface area (Å²) in [5, 5.41) is 16.0. The van der Waals surface area contributed by atoms with Gasteiger partial charge >= 0.3 is 0 Å². The second-order valence-corrected chi connectivity index (χ2v) is 10.0. The number of carbonyl (C=O) groups excluding carboxylic acids is 2. The number of rotatable bonds is 8. The van der Waals surface area contributed by atoms with Gasteiger partial charge in [0.1, 0.15) is 23.2 Å².